The average molecular weight is 223 g/mol. The molecule has 6 nitrogen and oxygen atoms in total. The van der Waals surface area contributed by atoms with E-state index in [0.29, 0.717) is 18.7 Å². The van der Waals surface area contributed by atoms with Crippen molar-refractivity contribution in [2.75, 3.05) is 6.54 Å². The second-order valence-corrected chi connectivity index (χ2v) is 3.94. The summed E-state index contributed by atoms with van der Waals surface area (Å²) in [6, 6.07) is -0.270. The summed E-state index contributed by atoms with van der Waals surface area (Å²) in [7, 11) is 0. The highest BCUT2D eigenvalue weighted by molar-refractivity contribution is 5.93. The minimum atomic E-state index is -0.840. The van der Waals surface area contributed by atoms with E-state index >= 15 is 0 Å². The topological polar surface area (TPSA) is 86.3 Å². The van der Waals surface area contributed by atoms with Crippen LogP contribution in [0.5, 0.6) is 0 Å². The lowest BCUT2D eigenvalue weighted by Crippen LogP contribution is -2.37. The number of likely N-dealkylation sites (tertiary alicyclic amines) is 1. The van der Waals surface area contributed by atoms with Crippen LogP contribution in [0.4, 0.5) is 0 Å². The molecule has 2 N–H and O–H groups in total. The summed E-state index contributed by atoms with van der Waals surface area (Å²) in [6.07, 6.45) is 3.39. The Hall–Kier alpha value is -1.85. The minimum Gasteiger partial charge on any atom is -0.481 e. The fourth-order valence-electron chi connectivity index (χ4n) is 2.08. The molecule has 1 saturated heterocycles. The number of aliphatic carboxylic acids is 1. The summed E-state index contributed by atoms with van der Waals surface area (Å²) < 4.78 is 0. The van der Waals surface area contributed by atoms with Crippen LogP contribution in [-0.4, -0.2) is 44.4 Å². The molecule has 2 heterocycles. The summed E-state index contributed by atoms with van der Waals surface area (Å²) in [5.41, 5.74) is 0.401. The Bertz CT molecular complexity index is 401. The van der Waals surface area contributed by atoms with Gasteiger partial charge in [0.2, 0.25) is 0 Å². The molecular formula is C10H13N3O3. The number of hydrogen-bond donors (Lipinski definition) is 2. The van der Waals surface area contributed by atoms with Crippen molar-refractivity contribution in [1.29, 1.82) is 0 Å². The molecule has 2 atom stereocenters. The van der Waals surface area contributed by atoms with Crippen LogP contribution in [0, 0.1) is 5.92 Å². The van der Waals surface area contributed by atoms with E-state index in [0.717, 1.165) is 0 Å². The van der Waals surface area contributed by atoms with Crippen LogP contribution in [-0.2, 0) is 4.79 Å². The maximum atomic E-state index is 11.9. The fourth-order valence-corrected chi connectivity index (χ4v) is 2.08. The third kappa shape index (κ3) is 1.66. The van der Waals surface area contributed by atoms with Crippen molar-refractivity contribution >= 4 is 11.9 Å². The molecule has 1 aromatic rings. The number of carboxylic acid groups (broad SMARTS) is 1. The van der Waals surface area contributed by atoms with Crippen molar-refractivity contribution in [3.63, 3.8) is 0 Å². The van der Waals surface area contributed by atoms with E-state index in [9.17, 15) is 9.59 Å². The highest BCUT2D eigenvalue weighted by Gasteiger charge is 2.38. The van der Waals surface area contributed by atoms with Crippen LogP contribution in [0.25, 0.3) is 0 Å². The molecule has 1 aliphatic heterocycles. The van der Waals surface area contributed by atoms with Crippen LogP contribution in [0.3, 0.4) is 0 Å². The molecule has 2 unspecified atom stereocenters. The molecule has 0 saturated carbocycles. The zero-order valence-corrected chi connectivity index (χ0v) is 8.88. The Morgan fingerprint density at radius 2 is 2.38 bits per heavy atom. The first kappa shape index (κ1) is 10.7. The number of H-pyrrole nitrogens is 1. The summed E-state index contributed by atoms with van der Waals surface area (Å²) >= 11 is 0. The summed E-state index contributed by atoms with van der Waals surface area (Å²) in [6.45, 7) is 2.25. The van der Waals surface area contributed by atoms with Crippen LogP contribution >= 0.6 is 0 Å². The zero-order chi connectivity index (χ0) is 11.7. The molecule has 86 valence electrons. The van der Waals surface area contributed by atoms with Gasteiger partial charge in [-0.1, -0.05) is 0 Å². The van der Waals surface area contributed by atoms with Crippen molar-refractivity contribution in [3.05, 3.63) is 18.2 Å². The number of amides is 1. The molecule has 0 bridgehead atoms. The van der Waals surface area contributed by atoms with Crippen molar-refractivity contribution in [2.45, 2.75) is 19.4 Å². The van der Waals surface area contributed by atoms with E-state index in [4.69, 9.17) is 5.11 Å². The number of nitrogens with zero attached hydrogens (tertiary/aromatic N) is 2. The highest BCUT2D eigenvalue weighted by Crippen LogP contribution is 2.25. The number of rotatable bonds is 2. The second kappa shape index (κ2) is 3.96. The SMILES string of the molecule is CC1C(C(=O)O)CCN1C(=O)c1cnc[nH]1. The smallest absolute Gasteiger partial charge is 0.308 e. The van der Waals surface area contributed by atoms with Crippen LogP contribution in [0.1, 0.15) is 23.8 Å². The van der Waals surface area contributed by atoms with Gasteiger partial charge in [-0.2, -0.15) is 0 Å². The predicted octanol–water partition coefficient (Wildman–Crippen LogP) is 0.345. The lowest BCUT2D eigenvalue weighted by molar-refractivity contribution is -0.142. The van der Waals surface area contributed by atoms with Crippen molar-refractivity contribution in [2.24, 2.45) is 5.92 Å². The lowest BCUT2D eigenvalue weighted by Gasteiger charge is -2.22. The largest absolute Gasteiger partial charge is 0.481 e. The Labute approximate surface area is 92.3 Å². The van der Waals surface area contributed by atoms with Gasteiger partial charge in [-0.25, -0.2) is 4.98 Å². The number of imidazole rings is 1. The standard InChI is InChI=1S/C10H13N3O3/c1-6-7(10(15)16)2-3-13(6)9(14)8-4-11-5-12-8/h4-7H,2-3H2,1H3,(H,11,12)(H,15,16). The third-order valence-corrected chi connectivity index (χ3v) is 3.06. The average Bonchev–Trinajstić information content (AvgIpc) is 2.84. The monoisotopic (exact) mass is 223 g/mol. The van der Waals surface area contributed by atoms with Crippen LogP contribution in [0.2, 0.25) is 0 Å². The van der Waals surface area contributed by atoms with Gasteiger partial charge in [0.1, 0.15) is 5.69 Å². The minimum absolute atomic E-state index is 0.186. The van der Waals surface area contributed by atoms with Crippen molar-refractivity contribution in [3.8, 4) is 0 Å². The van der Waals surface area contributed by atoms with Gasteiger partial charge >= 0.3 is 5.97 Å². The fraction of sp³-hybridized carbons (Fsp3) is 0.500. The maximum absolute atomic E-state index is 11.9. The van der Waals surface area contributed by atoms with Gasteiger partial charge < -0.3 is 15.0 Å². The van der Waals surface area contributed by atoms with E-state index < -0.39 is 11.9 Å². The molecule has 1 aromatic heterocycles. The molecule has 1 amide bonds. The van der Waals surface area contributed by atoms with Gasteiger partial charge in [0, 0.05) is 12.6 Å². The van der Waals surface area contributed by atoms with E-state index in [1.807, 2.05) is 0 Å². The number of carboxylic acids is 1. The van der Waals surface area contributed by atoms with E-state index in [1.54, 1.807) is 11.8 Å². The van der Waals surface area contributed by atoms with Crippen molar-refractivity contribution in [1.82, 2.24) is 14.9 Å². The number of aromatic amines is 1. The number of nitrogens with one attached hydrogen (secondary N) is 1. The van der Waals surface area contributed by atoms with E-state index in [2.05, 4.69) is 9.97 Å². The maximum Gasteiger partial charge on any atom is 0.308 e. The number of aromatic nitrogens is 2. The number of carbonyl (C=O) groups excluding carboxylic acids is 1. The summed E-state index contributed by atoms with van der Waals surface area (Å²) in [5.74, 6) is -1.49. The molecule has 0 radical (unpaired) electrons. The van der Waals surface area contributed by atoms with Gasteiger partial charge in [-0.15, -0.1) is 0 Å². The summed E-state index contributed by atoms with van der Waals surface area (Å²) in [5, 5.41) is 8.96. The van der Waals surface area contributed by atoms with E-state index in [-0.39, 0.29) is 11.9 Å². The van der Waals surface area contributed by atoms with Crippen LogP contribution in [0.15, 0.2) is 12.5 Å². The lowest BCUT2D eigenvalue weighted by atomic mass is 10.0. The van der Waals surface area contributed by atoms with Crippen LogP contribution < -0.4 is 0 Å². The molecule has 6 heteroatoms. The Morgan fingerprint density at radius 3 is 2.88 bits per heavy atom. The molecule has 1 aliphatic rings. The van der Waals surface area contributed by atoms with Gasteiger partial charge in [0.25, 0.3) is 5.91 Å². The number of hydrogen-bond acceptors (Lipinski definition) is 3. The molecule has 0 aromatic carbocycles. The van der Waals surface area contributed by atoms with Gasteiger partial charge in [0.15, 0.2) is 0 Å². The molecule has 1 fully saturated rings. The number of carbonyl (C=O) groups is 2. The first-order valence-electron chi connectivity index (χ1n) is 5.13. The molecule has 2 rings (SSSR count). The van der Waals surface area contributed by atoms with Crippen molar-refractivity contribution < 1.29 is 14.7 Å². The second-order valence-electron chi connectivity index (χ2n) is 3.94. The summed E-state index contributed by atoms with van der Waals surface area (Å²) in [4.78, 5) is 30.9. The van der Waals surface area contributed by atoms with Gasteiger partial charge in [-0.3, -0.25) is 9.59 Å². The van der Waals surface area contributed by atoms with Gasteiger partial charge in [-0.05, 0) is 13.3 Å². The molecule has 16 heavy (non-hydrogen) atoms. The zero-order valence-electron chi connectivity index (χ0n) is 8.88. The highest BCUT2D eigenvalue weighted by atomic mass is 16.4. The Morgan fingerprint density at radius 1 is 1.62 bits per heavy atom. The Balaban J connectivity index is 2.13. The first-order chi connectivity index (χ1) is 7.61. The quantitative estimate of drug-likeness (QED) is 0.757. The third-order valence-electron chi connectivity index (χ3n) is 3.06. The normalized spacial score (nSPS) is 24.7. The van der Waals surface area contributed by atoms with E-state index in [1.165, 1.54) is 12.5 Å². The first-order valence-corrected chi connectivity index (χ1v) is 5.13. The Kier molecular flexibility index (Phi) is 2.64. The molecular weight excluding hydrogens is 210 g/mol. The molecule has 0 aliphatic carbocycles. The predicted molar refractivity (Wildman–Crippen MR) is 54.8 cm³/mol. The van der Waals surface area contributed by atoms with Gasteiger partial charge in [0.05, 0.1) is 18.4 Å². The molecule has 0 spiro atoms.